The van der Waals surface area contributed by atoms with E-state index >= 15 is 0 Å². The molecule has 0 aliphatic rings. The number of methoxy groups -OCH3 is 1. The highest BCUT2D eigenvalue weighted by Gasteiger charge is 2.01. The van der Waals surface area contributed by atoms with Gasteiger partial charge < -0.3 is 4.74 Å². The molecule has 0 radical (unpaired) electrons. The summed E-state index contributed by atoms with van der Waals surface area (Å²) in [4.78, 5) is 15.2. The summed E-state index contributed by atoms with van der Waals surface area (Å²) in [5.41, 5.74) is 4.62. The fraction of sp³-hybridized carbons (Fsp3) is 0.222. The predicted molar refractivity (Wildman–Crippen MR) is 83.8 cm³/mol. The van der Waals surface area contributed by atoms with Crippen LogP contribution in [0.2, 0.25) is 0 Å². The molecule has 1 aromatic heterocycles. The second-order valence-corrected chi connectivity index (χ2v) is 4.95. The maximum absolute atomic E-state index is 11.2. The van der Waals surface area contributed by atoms with Crippen molar-refractivity contribution in [3.8, 4) is 11.1 Å². The van der Waals surface area contributed by atoms with Crippen LogP contribution in [0.5, 0.6) is 0 Å². The molecule has 3 nitrogen and oxygen atoms in total. The number of aryl methyl sites for hydroxylation is 1. The van der Waals surface area contributed by atoms with E-state index in [1.54, 1.807) is 18.5 Å². The number of carbonyl (C=O) groups is 1. The van der Waals surface area contributed by atoms with Crippen molar-refractivity contribution in [3.63, 3.8) is 0 Å². The summed E-state index contributed by atoms with van der Waals surface area (Å²) in [6, 6.07) is 12.4. The van der Waals surface area contributed by atoms with Crippen molar-refractivity contribution in [2.45, 2.75) is 19.8 Å². The minimum Gasteiger partial charge on any atom is -0.466 e. The number of benzene rings is 1. The highest BCUT2D eigenvalue weighted by atomic mass is 16.5. The van der Waals surface area contributed by atoms with Crippen molar-refractivity contribution >= 4 is 5.97 Å². The number of carbonyl (C=O) groups excluding carboxylic acids is 1. The quantitative estimate of drug-likeness (QED) is 0.618. The number of esters is 1. The molecule has 1 aromatic carbocycles. The Morgan fingerprint density at radius 3 is 2.67 bits per heavy atom. The van der Waals surface area contributed by atoms with E-state index in [0.717, 1.165) is 24.0 Å². The average molecular weight is 281 g/mol. The third-order valence-electron chi connectivity index (χ3n) is 3.31. The molecular formula is C18H19NO2. The molecule has 2 rings (SSSR count). The molecule has 0 unspecified atom stereocenters. The highest BCUT2D eigenvalue weighted by molar-refractivity contribution is 5.82. The van der Waals surface area contributed by atoms with Crippen molar-refractivity contribution in [3.05, 3.63) is 66.0 Å². The molecule has 108 valence electrons. The third-order valence-corrected chi connectivity index (χ3v) is 3.31. The van der Waals surface area contributed by atoms with Crippen molar-refractivity contribution in [2.24, 2.45) is 0 Å². The van der Waals surface area contributed by atoms with Gasteiger partial charge in [-0.15, -0.1) is 0 Å². The van der Waals surface area contributed by atoms with Crippen LogP contribution < -0.4 is 0 Å². The molecule has 0 saturated carbocycles. The van der Waals surface area contributed by atoms with Gasteiger partial charge in [0.1, 0.15) is 0 Å². The Morgan fingerprint density at radius 1 is 1.19 bits per heavy atom. The smallest absolute Gasteiger partial charge is 0.330 e. The number of ether oxygens (including phenoxy) is 1. The number of nitrogens with zero attached hydrogens (tertiary/aromatic N) is 1. The molecule has 0 N–H and O–H groups in total. The van der Waals surface area contributed by atoms with Crippen LogP contribution in [0.1, 0.15) is 18.9 Å². The molecule has 0 aliphatic carbocycles. The zero-order valence-electron chi connectivity index (χ0n) is 12.4. The Kier molecular flexibility index (Phi) is 5.27. The minimum absolute atomic E-state index is 0.293. The molecule has 0 fully saturated rings. The van der Waals surface area contributed by atoms with E-state index < -0.39 is 0 Å². The maximum atomic E-state index is 11.2. The summed E-state index contributed by atoms with van der Waals surface area (Å²) in [5.74, 6) is -0.293. The van der Waals surface area contributed by atoms with Crippen LogP contribution in [0.4, 0.5) is 0 Å². The van der Waals surface area contributed by atoms with Gasteiger partial charge in [0.25, 0.3) is 0 Å². The van der Waals surface area contributed by atoms with Gasteiger partial charge in [-0.1, -0.05) is 29.8 Å². The SMILES string of the molecule is COC(=O)/C=C(\C)CCc1cccc(-c2ccncc2)c1. The molecular weight excluding hydrogens is 262 g/mol. The molecule has 21 heavy (non-hydrogen) atoms. The topological polar surface area (TPSA) is 39.2 Å². The summed E-state index contributed by atoms with van der Waals surface area (Å²) in [7, 11) is 1.39. The van der Waals surface area contributed by atoms with Gasteiger partial charge >= 0.3 is 5.97 Å². The first-order valence-electron chi connectivity index (χ1n) is 6.93. The standard InChI is InChI=1S/C18H19NO2/c1-14(12-18(20)21-2)6-7-15-4-3-5-17(13-15)16-8-10-19-11-9-16/h3-5,8-13H,6-7H2,1-2H3/b14-12+. The van der Waals surface area contributed by atoms with Gasteiger partial charge in [-0.05, 0) is 48.6 Å². The number of pyridine rings is 1. The highest BCUT2D eigenvalue weighted by Crippen LogP contribution is 2.20. The normalized spacial score (nSPS) is 11.2. The Labute approximate surface area is 125 Å². The van der Waals surface area contributed by atoms with E-state index in [4.69, 9.17) is 0 Å². The summed E-state index contributed by atoms with van der Waals surface area (Å²) in [6.07, 6.45) is 6.89. The van der Waals surface area contributed by atoms with E-state index in [-0.39, 0.29) is 5.97 Å². The molecule has 1 heterocycles. The van der Waals surface area contributed by atoms with Crippen LogP contribution >= 0.6 is 0 Å². The number of aromatic nitrogens is 1. The lowest BCUT2D eigenvalue weighted by Crippen LogP contribution is -1.97. The minimum atomic E-state index is -0.293. The molecule has 0 bridgehead atoms. The summed E-state index contributed by atoms with van der Waals surface area (Å²) in [6.45, 7) is 1.95. The first-order valence-corrected chi connectivity index (χ1v) is 6.93. The molecule has 0 saturated heterocycles. The number of rotatable bonds is 5. The van der Waals surface area contributed by atoms with Crippen LogP contribution in [0, 0.1) is 0 Å². The first-order chi connectivity index (χ1) is 10.2. The predicted octanol–water partition coefficient (Wildman–Crippen LogP) is 3.80. The van der Waals surface area contributed by atoms with Gasteiger partial charge in [0.15, 0.2) is 0 Å². The molecule has 2 aromatic rings. The van der Waals surface area contributed by atoms with Crippen LogP contribution in [-0.4, -0.2) is 18.1 Å². The molecule has 0 spiro atoms. The third kappa shape index (κ3) is 4.56. The first kappa shape index (κ1) is 15.0. The van der Waals surface area contributed by atoms with E-state index in [0.29, 0.717) is 0 Å². The summed E-state index contributed by atoms with van der Waals surface area (Å²) in [5, 5.41) is 0. The van der Waals surface area contributed by atoms with E-state index in [1.165, 1.54) is 18.2 Å². The van der Waals surface area contributed by atoms with Crippen LogP contribution in [0.3, 0.4) is 0 Å². The Bertz CT molecular complexity index is 633. The van der Waals surface area contributed by atoms with Gasteiger partial charge in [0, 0.05) is 18.5 Å². The maximum Gasteiger partial charge on any atom is 0.330 e. The van der Waals surface area contributed by atoms with E-state index in [9.17, 15) is 4.79 Å². The monoisotopic (exact) mass is 281 g/mol. The largest absolute Gasteiger partial charge is 0.466 e. The second-order valence-electron chi connectivity index (χ2n) is 4.95. The van der Waals surface area contributed by atoms with Crippen molar-refractivity contribution in [2.75, 3.05) is 7.11 Å². The number of hydrogen-bond acceptors (Lipinski definition) is 3. The van der Waals surface area contributed by atoms with E-state index in [1.807, 2.05) is 19.1 Å². The van der Waals surface area contributed by atoms with Crippen LogP contribution in [-0.2, 0) is 16.0 Å². The fourth-order valence-corrected chi connectivity index (χ4v) is 2.12. The van der Waals surface area contributed by atoms with Gasteiger partial charge in [-0.25, -0.2) is 4.79 Å². The lowest BCUT2D eigenvalue weighted by molar-refractivity contribution is -0.134. The van der Waals surface area contributed by atoms with E-state index in [2.05, 4.69) is 34.0 Å². The number of allylic oxidation sites excluding steroid dienone is 1. The molecule has 0 atom stereocenters. The Hall–Kier alpha value is -2.42. The zero-order chi connectivity index (χ0) is 15.1. The van der Waals surface area contributed by atoms with Gasteiger partial charge in [-0.3, -0.25) is 4.98 Å². The van der Waals surface area contributed by atoms with Crippen molar-refractivity contribution in [1.82, 2.24) is 4.98 Å². The van der Waals surface area contributed by atoms with Gasteiger partial charge in [0.05, 0.1) is 7.11 Å². The van der Waals surface area contributed by atoms with Gasteiger partial charge in [0.2, 0.25) is 0 Å². The summed E-state index contributed by atoms with van der Waals surface area (Å²) < 4.78 is 4.63. The van der Waals surface area contributed by atoms with Crippen molar-refractivity contribution < 1.29 is 9.53 Å². The van der Waals surface area contributed by atoms with Gasteiger partial charge in [-0.2, -0.15) is 0 Å². The lowest BCUT2D eigenvalue weighted by atomic mass is 10.00. The van der Waals surface area contributed by atoms with Crippen molar-refractivity contribution in [1.29, 1.82) is 0 Å². The molecule has 0 amide bonds. The summed E-state index contributed by atoms with van der Waals surface area (Å²) >= 11 is 0. The second kappa shape index (κ2) is 7.39. The fourth-order valence-electron chi connectivity index (χ4n) is 2.12. The Morgan fingerprint density at radius 2 is 1.95 bits per heavy atom. The zero-order valence-corrected chi connectivity index (χ0v) is 12.4. The van der Waals surface area contributed by atoms with Crippen LogP contribution in [0.15, 0.2) is 60.4 Å². The lowest BCUT2D eigenvalue weighted by Gasteiger charge is -2.06. The molecule has 0 aliphatic heterocycles. The average Bonchev–Trinajstić information content (AvgIpc) is 2.54. The molecule has 3 heteroatoms. The number of hydrogen-bond donors (Lipinski definition) is 0. The van der Waals surface area contributed by atoms with Crippen LogP contribution in [0.25, 0.3) is 11.1 Å². The Balaban J connectivity index is 2.05.